The lowest BCUT2D eigenvalue weighted by Crippen LogP contribution is -2.27. The van der Waals surface area contributed by atoms with E-state index < -0.39 is 5.60 Å². The van der Waals surface area contributed by atoms with Crippen LogP contribution in [0.1, 0.15) is 63.2 Å². The van der Waals surface area contributed by atoms with E-state index in [1.165, 1.54) is 12.8 Å². The van der Waals surface area contributed by atoms with Gasteiger partial charge in [-0.25, -0.2) is 4.52 Å². The molecule has 126 valence electrons. The molecule has 2 rings (SSSR count). The number of carbonyl (C=O) groups is 1. The number of unbranched alkanes of at least 4 members (excludes halogenated alkanes) is 3. The highest BCUT2D eigenvalue weighted by molar-refractivity contribution is 6.02. The number of fused-ring (bicyclic) bond motifs is 1. The second kappa shape index (κ2) is 7.59. The molecule has 0 aliphatic carbocycles. The van der Waals surface area contributed by atoms with E-state index in [2.05, 4.69) is 12.0 Å². The molecule has 0 aromatic carbocycles. The Balaban J connectivity index is 2.05. The molecule has 5 heteroatoms. The van der Waals surface area contributed by atoms with E-state index in [-0.39, 0.29) is 12.4 Å². The molecule has 1 N–H and O–H groups in total. The highest BCUT2D eigenvalue weighted by Crippen LogP contribution is 2.19. The number of ether oxygens (including phenoxy) is 1. The molecule has 0 saturated carbocycles. The van der Waals surface area contributed by atoms with Gasteiger partial charge >= 0.3 is 0 Å². The number of aliphatic hydroxyl groups is 1. The average Bonchev–Trinajstić information content (AvgIpc) is 2.92. The van der Waals surface area contributed by atoms with E-state index >= 15 is 0 Å². The standard InChI is InChI=1S/C18H26N2O3/c1-4-5-6-7-8-17(21)15-11-19-20-12-14(9-10-16(15)20)23-13-18(2,3)22/h9-12,22H,4-8,13H2,1-3H3. The monoisotopic (exact) mass is 318 g/mol. The lowest BCUT2D eigenvalue weighted by atomic mass is 10.1. The van der Waals surface area contributed by atoms with Gasteiger partial charge in [0.15, 0.2) is 5.78 Å². The van der Waals surface area contributed by atoms with Crippen LogP contribution < -0.4 is 4.74 Å². The number of Topliss-reactive ketones (excluding diaryl/α,β-unsaturated/α-hetero) is 1. The molecule has 0 spiro atoms. The molecule has 5 nitrogen and oxygen atoms in total. The van der Waals surface area contributed by atoms with Crippen molar-refractivity contribution in [1.29, 1.82) is 0 Å². The number of nitrogens with zero attached hydrogens (tertiary/aromatic N) is 2. The molecule has 0 amide bonds. The van der Waals surface area contributed by atoms with Gasteiger partial charge < -0.3 is 9.84 Å². The van der Waals surface area contributed by atoms with Crippen molar-refractivity contribution in [2.75, 3.05) is 6.61 Å². The lowest BCUT2D eigenvalue weighted by Gasteiger charge is -2.17. The number of hydrogen-bond donors (Lipinski definition) is 1. The van der Waals surface area contributed by atoms with Crippen LogP contribution in [-0.2, 0) is 0 Å². The summed E-state index contributed by atoms with van der Waals surface area (Å²) in [6.07, 6.45) is 8.28. The van der Waals surface area contributed by atoms with Crippen molar-refractivity contribution < 1.29 is 14.6 Å². The zero-order valence-corrected chi connectivity index (χ0v) is 14.2. The molecular formula is C18H26N2O3. The lowest BCUT2D eigenvalue weighted by molar-refractivity contribution is 0.0283. The molecule has 0 bridgehead atoms. The Hall–Kier alpha value is -1.88. The van der Waals surface area contributed by atoms with Crippen molar-refractivity contribution in [1.82, 2.24) is 9.61 Å². The van der Waals surface area contributed by atoms with Gasteiger partial charge in [0.25, 0.3) is 0 Å². The Morgan fingerprint density at radius 1 is 1.30 bits per heavy atom. The number of ketones is 1. The van der Waals surface area contributed by atoms with Gasteiger partial charge in [0, 0.05) is 6.42 Å². The number of aromatic nitrogens is 2. The third-order valence-electron chi connectivity index (χ3n) is 3.64. The first-order chi connectivity index (χ1) is 10.9. The Kier molecular flexibility index (Phi) is 5.77. The third kappa shape index (κ3) is 5.06. The quantitative estimate of drug-likeness (QED) is 0.566. The van der Waals surface area contributed by atoms with Crippen molar-refractivity contribution >= 4 is 11.3 Å². The molecule has 23 heavy (non-hydrogen) atoms. The highest BCUT2D eigenvalue weighted by Gasteiger charge is 2.15. The van der Waals surface area contributed by atoms with E-state index in [4.69, 9.17) is 4.74 Å². The predicted molar refractivity (Wildman–Crippen MR) is 90.1 cm³/mol. The third-order valence-corrected chi connectivity index (χ3v) is 3.64. The second-order valence-corrected chi connectivity index (χ2v) is 6.59. The van der Waals surface area contributed by atoms with Crippen LogP contribution in [0.3, 0.4) is 0 Å². The molecule has 0 aliphatic rings. The van der Waals surface area contributed by atoms with Gasteiger partial charge in [-0.1, -0.05) is 26.2 Å². The number of carbonyl (C=O) groups excluding carboxylic acids is 1. The van der Waals surface area contributed by atoms with Crippen LogP contribution in [0.25, 0.3) is 5.52 Å². The fraction of sp³-hybridized carbons (Fsp3) is 0.556. The Morgan fingerprint density at radius 3 is 2.78 bits per heavy atom. The summed E-state index contributed by atoms with van der Waals surface area (Å²) in [5.74, 6) is 0.755. The van der Waals surface area contributed by atoms with Gasteiger partial charge in [0.05, 0.1) is 29.1 Å². The molecule has 0 radical (unpaired) electrons. The number of hydrogen-bond acceptors (Lipinski definition) is 4. The molecule has 2 aromatic heterocycles. The molecular weight excluding hydrogens is 292 g/mol. The summed E-state index contributed by atoms with van der Waals surface area (Å²) in [6, 6.07) is 3.64. The van der Waals surface area contributed by atoms with Gasteiger partial charge in [-0.05, 0) is 32.4 Å². The SMILES string of the molecule is CCCCCCC(=O)c1cnn2cc(OCC(C)(C)O)ccc12. The zero-order chi connectivity index (χ0) is 16.9. The van der Waals surface area contributed by atoms with E-state index in [1.54, 1.807) is 36.8 Å². The minimum atomic E-state index is -0.890. The van der Waals surface area contributed by atoms with Crippen LogP contribution in [0.4, 0.5) is 0 Å². The maximum Gasteiger partial charge on any atom is 0.166 e. The van der Waals surface area contributed by atoms with Crippen LogP contribution in [-0.4, -0.2) is 32.7 Å². The topological polar surface area (TPSA) is 63.8 Å². The first kappa shape index (κ1) is 17.5. The Bertz CT molecular complexity index is 656. The largest absolute Gasteiger partial charge is 0.489 e. The summed E-state index contributed by atoms with van der Waals surface area (Å²) < 4.78 is 7.20. The average molecular weight is 318 g/mol. The van der Waals surface area contributed by atoms with Crippen LogP contribution in [0.5, 0.6) is 5.75 Å². The summed E-state index contributed by atoms with van der Waals surface area (Å²) in [7, 11) is 0. The molecule has 0 unspecified atom stereocenters. The number of pyridine rings is 1. The predicted octanol–water partition coefficient (Wildman–Crippen LogP) is 3.64. The molecule has 2 aromatic rings. The van der Waals surface area contributed by atoms with Gasteiger partial charge in [-0.15, -0.1) is 0 Å². The van der Waals surface area contributed by atoms with Crippen molar-refractivity contribution in [3.8, 4) is 5.75 Å². The van der Waals surface area contributed by atoms with Gasteiger partial charge in [-0.2, -0.15) is 5.10 Å². The van der Waals surface area contributed by atoms with Crippen molar-refractivity contribution in [3.05, 3.63) is 30.1 Å². The zero-order valence-electron chi connectivity index (χ0n) is 14.2. The van der Waals surface area contributed by atoms with Crippen molar-refractivity contribution in [2.24, 2.45) is 0 Å². The maximum atomic E-state index is 12.3. The van der Waals surface area contributed by atoms with Gasteiger partial charge in [0.1, 0.15) is 12.4 Å². The van der Waals surface area contributed by atoms with E-state index in [9.17, 15) is 9.90 Å². The van der Waals surface area contributed by atoms with E-state index in [0.29, 0.717) is 17.7 Å². The van der Waals surface area contributed by atoms with Gasteiger partial charge in [-0.3, -0.25) is 4.79 Å². The van der Waals surface area contributed by atoms with Crippen molar-refractivity contribution in [3.63, 3.8) is 0 Å². The Labute approximate surface area is 137 Å². The molecule has 0 fully saturated rings. The summed E-state index contributed by atoms with van der Waals surface area (Å²) in [5.41, 5.74) is 0.565. The minimum absolute atomic E-state index is 0.140. The second-order valence-electron chi connectivity index (χ2n) is 6.59. The molecule has 0 atom stereocenters. The summed E-state index contributed by atoms with van der Waals surface area (Å²) in [6.45, 7) is 5.73. The van der Waals surface area contributed by atoms with Gasteiger partial charge in [0.2, 0.25) is 0 Å². The summed E-state index contributed by atoms with van der Waals surface area (Å²) in [5, 5.41) is 13.9. The van der Waals surface area contributed by atoms with E-state index in [0.717, 1.165) is 18.4 Å². The normalized spacial score (nSPS) is 11.8. The fourth-order valence-electron chi connectivity index (χ4n) is 2.37. The van der Waals surface area contributed by atoms with Crippen molar-refractivity contribution in [2.45, 2.75) is 58.5 Å². The van der Waals surface area contributed by atoms with E-state index in [1.807, 2.05) is 6.07 Å². The molecule has 0 aliphatic heterocycles. The van der Waals surface area contributed by atoms with Crippen LogP contribution in [0.15, 0.2) is 24.5 Å². The van der Waals surface area contributed by atoms with Crippen LogP contribution in [0, 0.1) is 0 Å². The first-order valence-electron chi connectivity index (χ1n) is 8.26. The first-order valence-corrected chi connectivity index (χ1v) is 8.26. The maximum absolute atomic E-state index is 12.3. The smallest absolute Gasteiger partial charge is 0.166 e. The number of rotatable bonds is 9. The summed E-state index contributed by atoms with van der Waals surface area (Å²) >= 11 is 0. The molecule has 2 heterocycles. The molecule has 0 saturated heterocycles. The highest BCUT2D eigenvalue weighted by atomic mass is 16.5. The summed E-state index contributed by atoms with van der Waals surface area (Å²) in [4.78, 5) is 12.3. The fourth-order valence-corrected chi connectivity index (χ4v) is 2.37. The van der Waals surface area contributed by atoms with Crippen LogP contribution in [0.2, 0.25) is 0 Å². The Morgan fingerprint density at radius 2 is 2.09 bits per heavy atom. The van der Waals surface area contributed by atoms with Crippen LogP contribution >= 0.6 is 0 Å². The minimum Gasteiger partial charge on any atom is -0.489 e.